The molecule has 0 aliphatic carbocycles. The lowest BCUT2D eigenvalue weighted by molar-refractivity contribution is 0.0877. The molecule has 1 aromatic rings. The summed E-state index contributed by atoms with van der Waals surface area (Å²) in [6, 6.07) is 3.74. The highest BCUT2D eigenvalue weighted by atomic mass is 16.3. The summed E-state index contributed by atoms with van der Waals surface area (Å²) < 4.78 is 1.87. The summed E-state index contributed by atoms with van der Waals surface area (Å²) in [4.78, 5) is 12.1. The maximum atomic E-state index is 12.1. The van der Waals surface area contributed by atoms with Gasteiger partial charge in [0.2, 0.25) is 0 Å². The van der Waals surface area contributed by atoms with Crippen molar-refractivity contribution >= 4 is 5.91 Å². The summed E-state index contributed by atoms with van der Waals surface area (Å²) in [5, 5.41) is 12.0. The second-order valence-corrected chi connectivity index (χ2v) is 4.76. The predicted octanol–water partition coefficient (Wildman–Crippen LogP) is 1.61. The molecule has 0 saturated heterocycles. The smallest absolute Gasteiger partial charge is 0.268 e. The Hall–Kier alpha value is -1.29. The van der Waals surface area contributed by atoms with Gasteiger partial charge in [-0.15, -0.1) is 0 Å². The summed E-state index contributed by atoms with van der Waals surface area (Å²) >= 11 is 0. The van der Waals surface area contributed by atoms with E-state index in [1.165, 1.54) is 0 Å². The van der Waals surface area contributed by atoms with Gasteiger partial charge in [0.05, 0.1) is 0 Å². The summed E-state index contributed by atoms with van der Waals surface area (Å²) in [5.41, 5.74) is 1.36. The van der Waals surface area contributed by atoms with E-state index in [2.05, 4.69) is 5.32 Å². The Morgan fingerprint density at radius 1 is 1.53 bits per heavy atom. The molecule has 1 atom stereocenters. The Morgan fingerprint density at radius 2 is 2.18 bits per heavy atom. The largest absolute Gasteiger partial charge is 0.396 e. The number of nitrogens with zero attached hydrogens (tertiary/aromatic N) is 1. The van der Waals surface area contributed by atoms with E-state index in [1.54, 1.807) is 0 Å². The summed E-state index contributed by atoms with van der Waals surface area (Å²) in [6.45, 7) is 6.00. The molecule has 0 spiro atoms. The number of aliphatic hydroxyl groups is 1. The molecule has 1 amide bonds. The van der Waals surface area contributed by atoms with Crippen molar-refractivity contribution in [2.24, 2.45) is 7.05 Å². The minimum absolute atomic E-state index is 0.0801. The second kappa shape index (κ2) is 5.36. The first kappa shape index (κ1) is 13.8. The van der Waals surface area contributed by atoms with Crippen LogP contribution in [0.2, 0.25) is 0 Å². The Kier molecular flexibility index (Phi) is 4.34. The molecule has 17 heavy (non-hydrogen) atoms. The van der Waals surface area contributed by atoms with Gasteiger partial charge in [0, 0.05) is 24.9 Å². The van der Waals surface area contributed by atoms with E-state index in [0.717, 1.165) is 12.1 Å². The van der Waals surface area contributed by atoms with Crippen molar-refractivity contribution in [3.8, 4) is 0 Å². The molecule has 0 aliphatic rings. The van der Waals surface area contributed by atoms with Crippen molar-refractivity contribution in [3.05, 3.63) is 23.5 Å². The predicted molar refractivity (Wildman–Crippen MR) is 68.0 cm³/mol. The van der Waals surface area contributed by atoms with Crippen molar-refractivity contribution < 1.29 is 9.90 Å². The van der Waals surface area contributed by atoms with Gasteiger partial charge in [0.15, 0.2) is 0 Å². The fraction of sp³-hybridized carbons (Fsp3) is 0.615. The van der Waals surface area contributed by atoms with Gasteiger partial charge in [0.25, 0.3) is 5.91 Å². The van der Waals surface area contributed by atoms with Crippen LogP contribution in [0.25, 0.3) is 0 Å². The number of aliphatic hydroxyl groups excluding tert-OH is 1. The molecule has 0 saturated carbocycles. The van der Waals surface area contributed by atoms with Gasteiger partial charge >= 0.3 is 0 Å². The van der Waals surface area contributed by atoms with E-state index in [-0.39, 0.29) is 18.1 Å². The van der Waals surface area contributed by atoms with Gasteiger partial charge in [-0.3, -0.25) is 4.79 Å². The fourth-order valence-electron chi connectivity index (χ4n) is 1.75. The first-order valence-electron chi connectivity index (χ1n) is 5.99. The van der Waals surface area contributed by atoms with E-state index in [0.29, 0.717) is 12.1 Å². The van der Waals surface area contributed by atoms with Crippen LogP contribution in [0.4, 0.5) is 0 Å². The zero-order valence-corrected chi connectivity index (χ0v) is 11.1. The van der Waals surface area contributed by atoms with Crippen LogP contribution in [-0.2, 0) is 7.05 Å². The molecule has 0 aromatic carbocycles. The molecule has 96 valence electrons. The normalized spacial score (nSPS) is 14.4. The van der Waals surface area contributed by atoms with Gasteiger partial charge in [-0.05, 0) is 38.8 Å². The molecule has 1 unspecified atom stereocenters. The highest BCUT2D eigenvalue weighted by Gasteiger charge is 2.25. The number of aromatic nitrogens is 1. The lowest BCUT2D eigenvalue weighted by Gasteiger charge is -2.29. The van der Waals surface area contributed by atoms with E-state index in [1.807, 2.05) is 44.5 Å². The first-order chi connectivity index (χ1) is 7.93. The molecule has 1 aromatic heterocycles. The van der Waals surface area contributed by atoms with E-state index in [4.69, 9.17) is 5.11 Å². The van der Waals surface area contributed by atoms with Gasteiger partial charge in [-0.25, -0.2) is 0 Å². The lowest BCUT2D eigenvalue weighted by Crippen LogP contribution is -2.46. The number of rotatable bonds is 5. The zero-order chi connectivity index (χ0) is 13.1. The summed E-state index contributed by atoms with van der Waals surface area (Å²) in [6.07, 6.45) is 1.36. The topological polar surface area (TPSA) is 54.3 Å². The van der Waals surface area contributed by atoms with Gasteiger partial charge in [-0.2, -0.15) is 0 Å². The van der Waals surface area contributed by atoms with Gasteiger partial charge in [0.1, 0.15) is 5.69 Å². The SMILES string of the molecule is CCC(C)(CCO)NC(=O)c1ccc(C)n1C. The van der Waals surface area contributed by atoms with Crippen molar-refractivity contribution in [1.82, 2.24) is 9.88 Å². The Balaban J connectivity index is 2.81. The van der Waals surface area contributed by atoms with Crippen LogP contribution in [0, 0.1) is 6.92 Å². The number of hydrogen-bond donors (Lipinski definition) is 2. The van der Waals surface area contributed by atoms with Crippen molar-refractivity contribution in [2.75, 3.05) is 6.61 Å². The fourth-order valence-corrected chi connectivity index (χ4v) is 1.75. The van der Waals surface area contributed by atoms with Gasteiger partial charge in [-0.1, -0.05) is 6.92 Å². The maximum absolute atomic E-state index is 12.1. The monoisotopic (exact) mass is 238 g/mol. The van der Waals surface area contributed by atoms with E-state index >= 15 is 0 Å². The standard InChI is InChI=1S/C13H22N2O2/c1-5-13(3,8-9-16)14-12(17)11-7-6-10(2)15(11)4/h6-7,16H,5,8-9H2,1-4H3,(H,14,17). The molecule has 2 N–H and O–H groups in total. The summed E-state index contributed by atoms with van der Waals surface area (Å²) in [7, 11) is 1.87. The van der Waals surface area contributed by atoms with Crippen LogP contribution < -0.4 is 5.32 Å². The lowest BCUT2D eigenvalue weighted by atomic mass is 9.95. The quantitative estimate of drug-likeness (QED) is 0.819. The minimum Gasteiger partial charge on any atom is -0.396 e. The third-order valence-corrected chi connectivity index (χ3v) is 3.46. The summed E-state index contributed by atoms with van der Waals surface area (Å²) in [5.74, 6) is -0.0848. The number of hydrogen-bond acceptors (Lipinski definition) is 2. The first-order valence-corrected chi connectivity index (χ1v) is 5.99. The molecule has 0 radical (unpaired) electrons. The van der Waals surface area contributed by atoms with Crippen LogP contribution in [0.1, 0.15) is 42.9 Å². The maximum Gasteiger partial charge on any atom is 0.268 e. The Bertz CT molecular complexity index is 398. The average molecular weight is 238 g/mol. The number of nitrogens with one attached hydrogen (secondary N) is 1. The molecule has 1 rings (SSSR count). The molecular formula is C13H22N2O2. The average Bonchev–Trinajstić information content (AvgIpc) is 2.60. The Labute approximate surface area is 103 Å². The Morgan fingerprint density at radius 3 is 2.59 bits per heavy atom. The molecule has 4 heteroatoms. The third kappa shape index (κ3) is 3.09. The van der Waals surface area contributed by atoms with Crippen molar-refractivity contribution in [3.63, 3.8) is 0 Å². The highest BCUT2D eigenvalue weighted by Crippen LogP contribution is 2.15. The van der Waals surface area contributed by atoms with E-state index < -0.39 is 0 Å². The zero-order valence-electron chi connectivity index (χ0n) is 11.1. The second-order valence-electron chi connectivity index (χ2n) is 4.76. The number of carbonyl (C=O) groups is 1. The van der Waals surface area contributed by atoms with Crippen LogP contribution >= 0.6 is 0 Å². The highest BCUT2D eigenvalue weighted by molar-refractivity contribution is 5.93. The molecule has 4 nitrogen and oxygen atoms in total. The van der Waals surface area contributed by atoms with E-state index in [9.17, 15) is 4.79 Å². The molecular weight excluding hydrogens is 216 g/mol. The number of amides is 1. The minimum atomic E-state index is -0.343. The molecule has 0 bridgehead atoms. The van der Waals surface area contributed by atoms with Crippen LogP contribution in [0.5, 0.6) is 0 Å². The number of carbonyl (C=O) groups excluding carboxylic acids is 1. The molecule has 0 aliphatic heterocycles. The van der Waals surface area contributed by atoms with Crippen molar-refractivity contribution in [1.29, 1.82) is 0 Å². The van der Waals surface area contributed by atoms with Crippen molar-refractivity contribution in [2.45, 2.75) is 39.2 Å². The van der Waals surface area contributed by atoms with Crippen LogP contribution in [0.3, 0.4) is 0 Å². The van der Waals surface area contributed by atoms with Gasteiger partial charge < -0.3 is 15.0 Å². The number of aryl methyl sites for hydroxylation is 1. The molecule has 1 heterocycles. The van der Waals surface area contributed by atoms with Crippen LogP contribution in [0.15, 0.2) is 12.1 Å². The third-order valence-electron chi connectivity index (χ3n) is 3.46. The molecule has 0 fully saturated rings. The van der Waals surface area contributed by atoms with Crippen LogP contribution in [-0.4, -0.2) is 27.7 Å².